The minimum Gasteiger partial charge on any atom is -0.340 e. The van der Waals surface area contributed by atoms with Crippen molar-refractivity contribution in [3.63, 3.8) is 0 Å². The molecule has 2 aromatic rings. The van der Waals surface area contributed by atoms with Crippen molar-refractivity contribution in [3.05, 3.63) is 40.5 Å². The highest BCUT2D eigenvalue weighted by Gasteiger charge is 2.02. The molecule has 0 aliphatic carbocycles. The van der Waals surface area contributed by atoms with Crippen LogP contribution < -0.4 is 5.32 Å². The quantitative estimate of drug-likeness (QED) is 0.528. The van der Waals surface area contributed by atoms with Gasteiger partial charge in [0, 0.05) is 11.8 Å². The van der Waals surface area contributed by atoms with Crippen molar-refractivity contribution in [3.8, 4) is 0 Å². The average molecular weight is 310 g/mol. The van der Waals surface area contributed by atoms with Gasteiger partial charge in [-0.1, -0.05) is 23.9 Å². The van der Waals surface area contributed by atoms with E-state index >= 15 is 0 Å². The largest absolute Gasteiger partial charge is 0.340 e. The molecular weight excluding hydrogens is 298 g/mol. The number of aromatic nitrogens is 2. The second-order valence-corrected chi connectivity index (χ2v) is 5.14. The molecule has 2 rings (SSSR count). The van der Waals surface area contributed by atoms with E-state index in [1.54, 1.807) is 0 Å². The Morgan fingerprint density at radius 3 is 2.76 bits per heavy atom. The summed E-state index contributed by atoms with van der Waals surface area (Å²) in [7, 11) is 0. The molecule has 0 saturated heterocycles. The number of benzene rings is 1. The van der Waals surface area contributed by atoms with Gasteiger partial charge in [-0.3, -0.25) is 0 Å². The molecule has 1 aromatic carbocycles. The summed E-state index contributed by atoms with van der Waals surface area (Å²) in [6.07, 6.45) is 1.96. The van der Waals surface area contributed by atoms with Crippen molar-refractivity contribution in [2.45, 2.75) is 12.1 Å². The normalized spacial score (nSPS) is 10.3. The highest BCUT2D eigenvalue weighted by molar-refractivity contribution is 9.10. The maximum Gasteiger partial charge on any atom is 0.190 e. The molecule has 1 N–H and O–H groups in total. The molecule has 1 heterocycles. The van der Waals surface area contributed by atoms with Crippen LogP contribution in [0.5, 0.6) is 0 Å². The summed E-state index contributed by atoms with van der Waals surface area (Å²) in [6.45, 7) is 2.06. The summed E-state index contributed by atoms with van der Waals surface area (Å²) in [5.41, 5.74) is 2.25. The third-order valence-electron chi connectivity index (χ3n) is 2.15. The minimum absolute atomic E-state index is 0.745. The third-order valence-corrected chi connectivity index (χ3v) is 3.10. The van der Waals surface area contributed by atoms with Crippen LogP contribution >= 0.6 is 27.7 Å². The first-order chi connectivity index (χ1) is 8.17. The number of anilines is 2. The van der Waals surface area contributed by atoms with Gasteiger partial charge in [0.2, 0.25) is 0 Å². The summed E-state index contributed by atoms with van der Waals surface area (Å²) in [6, 6.07) is 10.0. The maximum absolute atomic E-state index is 4.39. The van der Waals surface area contributed by atoms with Crippen molar-refractivity contribution < 1.29 is 0 Å². The average Bonchev–Trinajstić information content (AvgIpc) is 2.28. The Kier molecular flexibility index (Phi) is 4.02. The third kappa shape index (κ3) is 3.44. The standard InChI is InChI=1S/C12H12BrN3S/c1-8-4-3-5-9(6-8)14-11-7-10(13)15-12(16-11)17-2/h3-7H,1-2H3,(H,14,15,16). The lowest BCUT2D eigenvalue weighted by Gasteiger charge is -2.07. The first-order valence-electron chi connectivity index (χ1n) is 5.09. The zero-order valence-corrected chi connectivity index (χ0v) is 12.0. The van der Waals surface area contributed by atoms with Gasteiger partial charge in [-0.25, -0.2) is 9.97 Å². The van der Waals surface area contributed by atoms with Crippen molar-refractivity contribution in [2.24, 2.45) is 0 Å². The van der Waals surface area contributed by atoms with Crippen molar-refractivity contribution >= 4 is 39.2 Å². The molecule has 5 heteroatoms. The predicted molar refractivity (Wildman–Crippen MR) is 76.0 cm³/mol. The molecule has 0 aliphatic rings. The number of nitrogens with one attached hydrogen (secondary N) is 1. The van der Waals surface area contributed by atoms with Crippen LogP contribution in [0, 0.1) is 6.92 Å². The highest BCUT2D eigenvalue weighted by Crippen LogP contribution is 2.21. The molecule has 0 unspecified atom stereocenters. The van der Waals surface area contributed by atoms with Gasteiger partial charge < -0.3 is 5.32 Å². The van der Waals surface area contributed by atoms with Crippen molar-refractivity contribution in [2.75, 3.05) is 11.6 Å². The number of halogens is 1. The van der Waals surface area contributed by atoms with Crippen LogP contribution in [0.25, 0.3) is 0 Å². The van der Waals surface area contributed by atoms with E-state index in [0.717, 1.165) is 21.3 Å². The van der Waals surface area contributed by atoms with Crippen molar-refractivity contribution in [1.29, 1.82) is 0 Å². The SMILES string of the molecule is CSc1nc(Br)cc(Nc2cccc(C)c2)n1. The Labute approximate surface area is 113 Å². The second kappa shape index (κ2) is 5.51. The van der Waals surface area contributed by atoms with E-state index in [-0.39, 0.29) is 0 Å². The van der Waals surface area contributed by atoms with Crippen LogP contribution in [0.4, 0.5) is 11.5 Å². The van der Waals surface area contributed by atoms with E-state index < -0.39 is 0 Å². The molecule has 0 atom stereocenters. The van der Waals surface area contributed by atoms with Gasteiger partial charge in [-0.2, -0.15) is 0 Å². The summed E-state index contributed by atoms with van der Waals surface area (Å²) < 4.78 is 0.784. The molecule has 88 valence electrons. The van der Waals surface area contributed by atoms with Crippen LogP contribution in [0.3, 0.4) is 0 Å². The maximum atomic E-state index is 4.39. The number of nitrogens with zero attached hydrogens (tertiary/aromatic N) is 2. The molecule has 0 radical (unpaired) electrons. The summed E-state index contributed by atoms with van der Waals surface area (Å²) >= 11 is 4.90. The fourth-order valence-corrected chi connectivity index (χ4v) is 2.30. The van der Waals surface area contributed by atoms with Gasteiger partial charge in [0.15, 0.2) is 5.16 Å². The Bertz CT molecular complexity index is 531. The Hall–Kier alpha value is -1.07. The van der Waals surface area contributed by atoms with E-state index in [1.807, 2.05) is 24.5 Å². The molecule has 0 spiro atoms. The van der Waals surface area contributed by atoms with E-state index in [4.69, 9.17) is 0 Å². The molecule has 0 bridgehead atoms. The van der Waals surface area contributed by atoms with Gasteiger partial charge in [-0.15, -0.1) is 0 Å². The molecule has 0 aliphatic heterocycles. The summed E-state index contributed by atoms with van der Waals surface area (Å²) in [5.74, 6) is 0.793. The number of hydrogen-bond acceptors (Lipinski definition) is 4. The Morgan fingerprint density at radius 2 is 2.06 bits per heavy atom. The molecule has 0 fully saturated rings. The van der Waals surface area contributed by atoms with Gasteiger partial charge in [0.1, 0.15) is 10.4 Å². The lowest BCUT2D eigenvalue weighted by molar-refractivity contribution is 0.957. The van der Waals surface area contributed by atoms with Crippen LogP contribution in [0.2, 0.25) is 0 Å². The fraction of sp³-hybridized carbons (Fsp3) is 0.167. The predicted octanol–water partition coefficient (Wildman–Crippen LogP) is 4.01. The fourth-order valence-electron chi connectivity index (χ4n) is 1.42. The van der Waals surface area contributed by atoms with Gasteiger partial charge in [-0.05, 0) is 46.8 Å². The summed E-state index contributed by atoms with van der Waals surface area (Å²) in [5, 5.41) is 4.01. The second-order valence-electron chi connectivity index (χ2n) is 3.56. The first kappa shape index (κ1) is 12.4. The smallest absolute Gasteiger partial charge is 0.190 e. The summed E-state index contributed by atoms with van der Waals surface area (Å²) in [4.78, 5) is 8.63. The monoisotopic (exact) mass is 309 g/mol. The van der Waals surface area contributed by atoms with Gasteiger partial charge in [0.05, 0.1) is 0 Å². The van der Waals surface area contributed by atoms with Gasteiger partial charge in [0.25, 0.3) is 0 Å². The molecule has 0 amide bonds. The van der Waals surface area contributed by atoms with Crippen molar-refractivity contribution in [1.82, 2.24) is 9.97 Å². The first-order valence-corrected chi connectivity index (χ1v) is 7.11. The molecule has 1 aromatic heterocycles. The zero-order chi connectivity index (χ0) is 12.3. The van der Waals surface area contributed by atoms with E-state index in [1.165, 1.54) is 17.3 Å². The lowest BCUT2D eigenvalue weighted by Crippen LogP contribution is -1.96. The van der Waals surface area contributed by atoms with E-state index in [9.17, 15) is 0 Å². The van der Waals surface area contributed by atoms with Crippen LogP contribution in [0.1, 0.15) is 5.56 Å². The highest BCUT2D eigenvalue weighted by atomic mass is 79.9. The molecule has 17 heavy (non-hydrogen) atoms. The zero-order valence-electron chi connectivity index (χ0n) is 9.57. The topological polar surface area (TPSA) is 37.8 Å². The minimum atomic E-state index is 0.745. The molecule has 0 saturated carbocycles. The number of thioether (sulfide) groups is 1. The lowest BCUT2D eigenvalue weighted by atomic mass is 10.2. The van der Waals surface area contributed by atoms with E-state index in [0.29, 0.717) is 0 Å². The molecular formula is C12H12BrN3S. The number of hydrogen-bond donors (Lipinski definition) is 1. The van der Waals surface area contributed by atoms with Gasteiger partial charge >= 0.3 is 0 Å². The Balaban J connectivity index is 2.26. The number of aryl methyl sites for hydroxylation is 1. The van der Waals surface area contributed by atoms with Crippen LogP contribution in [-0.2, 0) is 0 Å². The van der Waals surface area contributed by atoms with E-state index in [2.05, 4.69) is 50.3 Å². The van der Waals surface area contributed by atoms with Crippen LogP contribution in [0.15, 0.2) is 40.1 Å². The van der Waals surface area contributed by atoms with Crippen LogP contribution in [-0.4, -0.2) is 16.2 Å². The number of rotatable bonds is 3. The molecule has 3 nitrogen and oxygen atoms in total. The Morgan fingerprint density at radius 1 is 1.24 bits per heavy atom.